The Morgan fingerprint density at radius 2 is 2.35 bits per heavy atom. The van der Waals surface area contributed by atoms with Crippen molar-refractivity contribution in [1.29, 1.82) is 0 Å². The van der Waals surface area contributed by atoms with Crippen molar-refractivity contribution in [2.45, 2.75) is 19.8 Å². The van der Waals surface area contributed by atoms with Gasteiger partial charge in [-0.25, -0.2) is 4.98 Å². The number of hydrogen-bond donors (Lipinski definition) is 2. The van der Waals surface area contributed by atoms with Gasteiger partial charge in [0.2, 0.25) is 11.8 Å². The van der Waals surface area contributed by atoms with Gasteiger partial charge in [-0.15, -0.1) is 0 Å². The van der Waals surface area contributed by atoms with E-state index in [2.05, 4.69) is 15.6 Å². The maximum Gasteiger partial charge on any atom is 0.230 e. The molecule has 2 rings (SSSR count). The monoisotopic (exact) mass is 233 g/mol. The number of carbonyl (C=O) groups excluding carboxylic acids is 2. The number of pyridine rings is 1. The van der Waals surface area contributed by atoms with Crippen LogP contribution in [-0.4, -0.2) is 23.3 Å². The van der Waals surface area contributed by atoms with Crippen LogP contribution < -0.4 is 10.6 Å². The molecule has 0 radical (unpaired) electrons. The number of hydrogen-bond acceptors (Lipinski definition) is 3. The van der Waals surface area contributed by atoms with Crippen LogP contribution in [0, 0.1) is 12.8 Å². The van der Waals surface area contributed by atoms with E-state index in [1.165, 1.54) is 0 Å². The highest BCUT2D eigenvalue weighted by molar-refractivity contribution is 5.93. The molecule has 90 valence electrons. The van der Waals surface area contributed by atoms with Crippen LogP contribution in [-0.2, 0) is 9.59 Å². The number of nitrogens with one attached hydrogen (secondary N) is 2. The molecule has 1 saturated heterocycles. The van der Waals surface area contributed by atoms with Crippen molar-refractivity contribution in [3.05, 3.63) is 23.9 Å². The SMILES string of the molecule is Cc1cccc(NC(=O)C2CCC(=O)NC2)n1. The van der Waals surface area contributed by atoms with E-state index in [0.717, 1.165) is 5.69 Å². The van der Waals surface area contributed by atoms with E-state index in [9.17, 15) is 9.59 Å². The quantitative estimate of drug-likeness (QED) is 0.795. The first-order valence-electron chi connectivity index (χ1n) is 5.66. The zero-order chi connectivity index (χ0) is 12.3. The van der Waals surface area contributed by atoms with E-state index in [1.807, 2.05) is 19.1 Å². The Labute approximate surface area is 99.6 Å². The Morgan fingerprint density at radius 1 is 1.53 bits per heavy atom. The summed E-state index contributed by atoms with van der Waals surface area (Å²) in [5, 5.41) is 5.46. The van der Waals surface area contributed by atoms with Gasteiger partial charge in [-0.3, -0.25) is 9.59 Å². The van der Waals surface area contributed by atoms with Crippen molar-refractivity contribution in [3.63, 3.8) is 0 Å². The Kier molecular flexibility index (Phi) is 3.37. The third-order valence-electron chi connectivity index (χ3n) is 2.78. The Hall–Kier alpha value is -1.91. The number of amides is 2. The summed E-state index contributed by atoms with van der Waals surface area (Å²) in [4.78, 5) is 27.1. The van der Waals surface area contributed by atoms with Gasteiger partial charge in [-0.05, 0) is 25.5 Å². The van der Waals surface area contributed by atoms with Crippen LogP contribution in [0.15, 0.2) is 18.2 Å². The van der Waals surface area contributed by atoms with Gasteiger partial charge in [-0.1, -0.05) is 6.07 Å². The lowest BCUT2D eigenvalue weighted by Crippen LogP contribution is -2.40. The summed E-state index contributed by atoms with van der Waals surface area (Å²) in [5.41, 5.74) is 0.861. The predicted molar refractivity (Wildman–Crippen MR) is 63.3 cm³/mol. The topological polar surface area (TPSA) is 71.1 Å². The highest BCUT2D eigenvalue weighted by atomic mass is 16.2. The van der Waals surface area contributed by atoms with Crippen molar-refractivity contribution < 1.29 is 9.59 Å². The normalized spacial score (nSPS) is 19.6. The zero-order valence-electron chi connectivity index (χ0n) is 9.69. The first-order chi connectivity index (χ1) is 8.15. The molecule has 1 atom stereocenters. The summed E-state index contributed by atoms with van der Waals surface area (Å²) in [6.07, 6.45) is 1.02. The molecular weight excluding hydrogens is 218 g/mol. The lowest BCUT2D eigenvalue weighted by molar-refractivity contribution is -0.126. The first kappa shape index (κ1) is 11.6. The summed E-state index contributed by atoms with van der Waals surface area (Å²) >= 11 is 0. The molecule has 1 aromatic rings. The summed E-state index contributed by atoms with van der Waals surface area (Å²) in [7, 11) is 0. The molecule has 1 aliphatic heterocycles. The number of nitrogens with zero attached hydrogens (tertiary/aromatic N) is 1. The first-order valence-corrected chi connectivity index (χ1v) is 5.66. The fourth-order valence-corrected chi connectivity index (χ4v) is 1.80. The molecule has 0 aromatic carbocycles. The smallest absolute Gasteiger partial charge is 0.230 e. The number of piperidine rings is 1. The van der Waals surface area contributed by atoms with Crippen molar-refractivity contribution in [1.82, 2.24) is 10.3 Å². The van der Waals surface area contributed by atoms with E-state index in [-0.39, 0.29) is 17.7 Å². The third-order valence-corrected chi connectivity index (χ3v) is 2.78. The second kappa shape index (κ2) is 4.95. The molecule has 0 saturated carbocycles. The second-order valence-electron chi connectivity index (χ2n) is 4.19. The average molecular weight is 233 g/mol. The van der Waals surface area contributed by atoms with Gasteiger partial charge in [0.15, 0.2) is 0 Å². The predicted octanol–water partition coefficient (Wildman–Crippen LogP) is 0.855. The molecule has 2 N–H and O–H groups in total. The Balaban J connectivity index is 1.95. The Morgan fingerprint density at radius 3 is 3.00 bits per heavy atom. The van der Waals surface area contributed by atoms with Crippen molar-refractivity contribution in [2.24, 2.45) is 5.92 Å². The van der Waals surface area contributed by atoms with Gasteiger partial charge in [0.1, 0.15) is 5.82 Å². The molecule has 5 heteroatoms. The minimum Gasteiger partial charge on any atom is -0.355 e. The minimum atomic E-state index is -0.157. The van der Waals surface area contributed by atoms with Gasteiger partial charge in [-0.2, -0.15) is 0 Å². The average Bonchev–Trinajstić information content (AvgIpc) is 2.29. The lowest BCUT2D eigenvalue weighted by atomic mass is 9.98. The van der Waals surface area contributed by atoms with Crippen molar-refractivity contribution in [2.75, 3.05) is 11.9 Å². The zero-order valence-corrected chi connectivity index (χ0v) is 9.69. The molecule has 2 heterocycles. The molecule has 1 aromatic heterocycles. The van der Waals surface area contributed by atoms with Crippen LogP contribution in [0.4, 0.5) is 5.82 Å². The van der Waals surface area contributed by atoms with Gasteiger partial charge >= 0.3 is 0 Å². The molecule has 2 amide bonds. The van der Waals surface area contributed by atoms with Gasteiger partial charge in [0.25, 0.3) is 0 Å². The number of carbonyl (C=O) groups is 2. The van der Waals surface area contributed by atoms with Crippen LogP contribution >= 0.6 is 0 Å². The van der Waals surface area contributed by atoms with E-state index < -0.39 is 0 Å². The molecule has 0 spiro atoms. The molecule has 5 nitrogen and oxygen atoms in total. The van der Waals surface area contributed by atoms with Crippen LogP contribution in [0.5, 0.6) is 0 Å². The van der Waals surface area contributed by atoms with Gasteiger partial charge in [0.05, 0.1) is 5.92 Å². The van der Waals surface area contributed by atoms with Crippen LogP contribution in [0.3, 0.4) is 0 Å². The fraction of sp³-hybridized carbons (Fsp3) is 0.417. The largest absolute Gasteiger partial charge is 0.355 e. The van der Waals surface area contributed by atoms with Gasteiger partial charge < -0.3 is 10.6 Å². The molecular formula is C12H15N3O2. The maximum atomic E-state index is 11.9. The molecule has 0 bridgehead atoms. The van der Waals surface area contributed by atoms with E-state index in [0.29, 0.717) is 25.2 Å². The highest BCUT2D eigenvalue weighted by Crippen LogP contribution is 2.13. The molecule has 17 heavy (non-hydrogen) atoms. The van der Waals surface area contributed by atoms with Crippen LogP contribution in [0.2, 0.25) is 0 Å². The van der Waals surface area contributed by atoms with E-state index in [4.69, 9.17) is 0 Å². The van der Waals surface area contributed by atoms with Crippen LogP contribution in [0.1, 0.15) is 18.5 Å². The maximum absolute atomic E-state index is 11.9. The number of rotatable bonds is 2. The number of anilines is 1. The highest BCUT2D eigenvalue weighted by Gasteiger charge is 2.24. The molecule has 1 fully saturated rings. The van der Waals surface area contributed by atoms with E-state index in [1.54, 1.807) is 6.07 Å². The third kappa shape index (κ3) is 3.03. The summed E-state index contributed by atoms with van der Waals surface area (Å²) in [5.74, 6) is 0.341. The molecule has 0 aliphatic carbocycles. The number of aryl methyl sites for hydroxylation is 1. The van der Waals surface area contributed by atoms with Crippen molar-refractivity contribution >= 4 is 17.6 Å². The van der Waals surface area contributed by atoms with Gasteiger partial charge in [0, 0.05) is 18.7 Å². The minimum absolute atomic E-state index is 0.0164. The van der Waals surface area contributed by atoms with Crippen molar-refractivity contribution in [3.8, 4) is 0 Å². The summed E-state index contributed by atoms with van der Waals surface area (Å²) in [6, 6.07) is 5.48. The number of aromatic nitrogens is 1. The summed E-state index contributed by atoms with van der Waals surface area (Å²) in [6.45, 7) is 2.28. The molecule has 1 unspecified atom stereocenters. The standard InChI is InChI=1S/C12H15N3O2/c1-8-3-2-4-10(14-8)15-12(17)9-5-6-11(16)13-7-9/h2-4,9H,5-7H2,1H3,(H,13,16)(H,14,15,17). The molecule has 1 aliphatic rings. The van der Waals surface area contributed by atoms with E-state index >= 15 is 0 Å². The van der Waals surface area contributed by atoms with Crippen LogP contribution in [0.25, 0.3) is 0 Å². The second-order valence-corrected chi connectivity index (χ2v) is 4.19. The Bertz CT molecular complexity index is 435. The summed E-state index contributed by atoms with van der Waals surface area (Å²) < 4.78 is 0. The lowest BCUT2D eigenvalue weighted by Gasteiger charge is -2.21. The fourth-order valence-electron chi connectivity index (χ4n) is 1.80.